The largest absolute Gasteiger partial charge is 0.347 e. The summed E-state index contributed by atoms with van der Waals surface area (Å²) in [7, 11) is 0. The molecular weight excluding hydrogens is 319 g/mol. The van der Waals surface area contributed by atoms with Gasteiger partial charge in [0.15, 0.2) is 0 Å². The number of nitrogens with zero attached hydrogens (tertiary/aromatic N) is 1. The van der Waals surface area contributed by atoms with E-state index in [-0.39, 0.29) is 10.1 Å². The van der Waals surface area contributed by atoms with Gasteiger partial charge in [0.1, 0.15) is 10.1 Å². The van der Waals surface area contributed by atoms with E-state index in [9.17, 15) is 9.18 Å². The van der Waals surface area contributed by atoms with E-state index in [1.807, 2.05) is 6.92 Å². The molecule has 1 atom stereocenters. The first-order valence-electron chi connectivity index (χ1n) is 5.34. The molecule has 1 amide bonds. The van der Waals surface area contributed by atoms with Crippen molar-refractivity contribution < 1.29 is 9.18 Å². The molecule has 2 rings (SSSR count). The normalized spacial score (nSPS) is 19.3. The lowest BCUT2D eigenvalue weighted by Gasteiger charge is -2.23. The van der Waals surface area contributed by atoms with Crippen LogP contribution in [-0.4, -0.2) is 15.6 Å². The van der Waals surface area contributed by atoms with E-state index in [2.05, 4.69) is 26.1 Å². The Hall–Kier alpha value is -1.01. The minimum Gasteiger partial charge on any atom is -0.347 e. The van der Waals surface area contributed by atoms with Crippen LogP contribution in [0, 0.1) is 5.82 Å². The van der Waals surface area contributed by atoms with Gasteiger partial charge in [-0.1, -0.05) is 39.8 Å². The van der Waals surface area contributed by atoms with Gasteiger partial charge in [0.05, 0.1) is 5.03 Å². The van der Waals surface area contributed by atoms with Gasteiger partial charge in [0.25, 0.3) is 0 Å². The van der Waals surface area contributed by atoms with Crippen LogP contribution in [-0.2, 0) is 11.3 Å². The summed E-state index contributed by atoms with van der Waals surface area (Å²) >= 11 is 5.08. The molecule has 1 aromatic rings. The van der Waals surface area contributed by atoms with Crippen molar-refractivity contribution in [3.05, 3.63) is 46.4 Å². The topological polar surface area (TPSA) is 32.3 Å². The third-order valence-corrected chi connectivity index (χ3v) is 4.83. The Morgan fingerprint density at radius 2 is 2.17 bits per heavy atom. The number of halogens is 2. The van der Waals surface area contributed by atoms with E-state index < -0.39 is 0 Å². The Bertz CT molecular complexity index is 477. The van der Waals surface area contributed by atoms with Gasteiger partial charge in [0, 0.05) is 12.2 Å². The summed E-state index contributed by atoms with van der Waals surface area (Å²) in [6, 6.07) is 6.42. The Labute approximate surface area is 118 Å². The van der Waals surface area contributed by atoms with Crippen LogP contribution in [0.5, 0.6) is 0 Å². The third-order valence-electron chi connectivity index (χ3n) is 2.68. The van der Waals surface area contributed by atoms with E-state index in [4.69, 9.17) is 0 Å². The van der Waals surface area contributed by atoms with E-state index in [1.54, 1.807) is 12.1 Å². The third kappa shape index (κ3) is 2.87. The predicted molar refractivity (Wildman–Crippen MR) is 74.1 cm³/mol. The van der Waals surface area contributed by atoms with Gasteiger partial charge in [-0.3, -0.25) is 4.79 Å². The van der Waals surface area contributed by atoms with Crippen LogP contribution in [0.4, 0.5) is 4.39 Å². The summed E-state index contributed by atoms with van der Waals surface area (Å²) in [6.45, 7) is 2.61. The minimum absolute atomic E-state index is 0.0741. The summed E-state index contributed by atoms with van der Waals surface area (Å²) in [5, 5.41) is 3.52. The highest BCUT2D eigenvalue weighted by Crippen LogP contribution is 2.40. The lowest BCUT2D eigenvalue weighted by molar-refractivity contribution is -0.108. The molecule has 0 bridgehead atoms. The molecule has 3 nitrogen and oxygen atoms in total. The number of amides is 1. The molecule has 6 heteroatoms. The maximum absolute atomic E-state index is 12.8. The van der Waals surface area contributed by atoms with Gasteiger partial charge in [-0.25, -0.2) is 4.39 Å². The van der Waals surface area contributed by atoms with Gasteiger partial charge in [-0.2, -0.15) is 0 Å². The number of alkyl halides is 1. The van der Waals surface area contributed by atoms with Gasteiger partial charge < -0.3 is 10.2 Å². The van der Waals surface area contributed by atoms with Gasteiger partial charge >= 0.3 is 0 Å². The zero-order valence-electron chi connectivity index (χ0n) is 9.69. The summed E-state index contributed by atoms with van der Waals surface area (Å²) in [4.78, 5) is 12.6. The van der Waals surface area contributed by atoms with Crippen LogP contribution >= 0.6 is 27.7 Å². The fourth-order valence-electron chi connectivity index (χ4n) is 1.70. The van der Waals surface area contributed by atoms with E-state index >= 15 is 0 Å². The summed E-state index contributed by atoms with van der Waals surface area (Å²) in [5.74, 6) is -0.236. The molecule has 1 heterocycles. The molecular formula is C12H12BrFN2OS. The fraction of sp³-hybridized carbons (Fsp3) is 0.250. The second-order valence-corrected chi connectivity index (χ2v) is 6.40. The number of hydrogen-bond acceptors (Lipinski definition) is 3. The SMILES string of the molecule is CC1=C(NC=O)SC(Br)N1Cc1ccc(F)cc1. The maximum Gasteiger partial charge on any atom is 0.211 e. The lowest BCUT2D eigenvalue weighted by Crippen LogP contribution is -2.22. The smallest absolute Gasteiger partial charge is 0.211 e. The molecule has 0 saturated carbocycles. The monoisotopic (exact) mass is 330 g/mol. The average molecular weight is 331 g/mol. The molecule has 18 heavy (non-hydrogen) atoms. The maximum atomic E-state index is 12.8. The van der Waals surface area contributed by atoms with Crippen LogP contribution in [0.15, 0.2) is 35.0 Å². The number of carbonyl (C=O) groups excluding carboxylic acids is 1. The van der Waals surface area contributed by atoms with Crippen molar-refractivity contribution in [1.82, 2.24) is 10.2 Å². The highest BCUT2D eigenvalue weighted by Gasteiger charge is 2.28. The van der Waals surface area contributed by atoms with Crippen LogP contribution < -0.4 is 5.32 Å². The first-order valence-corrected chi connectivity index (χ1v) is 7.14. The quantitative estimate of drug-likeness (QED) is 0.523. The number of carbonyl (C=O) groups is 1. The van der Waals surface area contributed by atoms with Crippen molar-refractivity contribution in [2.75, 3.05) is 0 Å². The first-order chi connectivity index (χ1) is 8.61. The van der Waals surface area contributed by atoms with Gasteiger partial charge in [-0.05, 0) is 24.6 Å². The summed E-state index contributed by atoms with van der Waals surface area (Å²) < 4.78 is 12.9. The van der Waals surface area contributed by atoms with Gasteiger partial charge in [0.2, 0.25) is 6.41 Å². The zero-order valence-corrected chi connectivity index (χ0v) is 12.1. The van der Waals surface area contributed by atoms with Crippen LogP contribution in [0.25, 0.3) is 0 Å². The number of nitrogens with one attached hydrogen (secondary N) is 1. The zero-order chi connectivity index (χ0) is 13.1. The lowest BCUT2D eigenvalue weighted by atomic mass is 10.2. The van der Waals surface area contributed by atoms with Crippen LogP contribution in [0.2, 0.25) is 0 Å². The summed E-state index contributed by atoms with van der Waals surface area (Å²) in [6.07, 6.45) is 0.674. The number of rotatable bonds is 4. The minimum atomic E-state index is -0.236. The van der Waals surface area contributed by atoms with E-state index in [1.165, 1.54) is 23.9 Å². The number of benzene rings is 1. The molecule has 1 unspecified atom stereocenters. The Kier molecular flexibility index (Phi) is 4.29. The first kappa shape index (κ1) is 13.4. The van der Waals surface area contributed by atoms with Crippen molar-refractivity contribution in [2.45, 2.75) is 17.8 Å². The number of allylic oxidation sites excluding steroid dienone is 1. The van der Waals surface area contributed by atoms with Crippen molar-refractivity contribution in [3.8, 4) is 0 Å². The molecule has 96 valence electrons. The molecule has 1 aliphatic rings. The molecule has 0 spiro atoms. The second kappa shape index (κ2) is 5.75. The molecule has 1 aliphatic heterocycles. The van der Waals surface area contributed by atoms with Crippen molar-refractivity contribution in [3.63, 3.8) is 0 Å². The van der Waals surface area contributed by atoms with E-state index in [0.29, 0.717) is 13.0 Å². The van der Waals surface area contributed by atoms with Crippen LogP contribution in [0.1, 0.15) is 12.5 Å². The molecule has 0 fully saturated rings. The number of thioether (sulfide) groups is 1. The fourth-order valence-corrected chi connectivity index (χ4v) is 3.67. The molecule has 0 aliphatic carbocycles. The standard InChI is InChI=1S/C12H12BrFN2OS/c1-8-11(15-7-17)18-12(13)16(8)6-9-2-4-10(14)5-3-9/h2-5,7,12H,6H2,1H3,(H,15,17). The molecule has 1 aromatic carbocycles. The predicted octanol–water partition coefficient (Wildman–Crippen LogP) is 2.99. The van der Waals surface area contributed by atoms with Gasteiger partial charge in [-0.15, -0.1) is 0 Å². The Morgan fingerprint density at radius 3 is 2.78 bits per heavy atom. The average Bonchev–Trinajstić information content (AvgIpc) is 2.60. The highest BCUT2D eigenvalue weighted by molar-refractivity contribution is 9.11. The van der Waals surface area contributed by atoms with Crippen molar-refractivity contribution in [2.24, 2.45) is 0 Å². The second-order valence-electron chi connectivity index (χ2n) is 3.84. The molecule has 1 N–H and O–H groups in total. The molecule has 0 aromatic heterocycles. The Balaban J connectivity index is 2.13. The number of hydrogen-bond donors (Lipinski definition) is 1. The van der Waals surface area contributed by atoms with Crippen LogP contribution in [0.3, 0.4) is 0 Å². The van der Waals surface area contributed by atoms with Crippen molar-refractivity contribution >= 4 is 34.1 Å². The molecule has 0 radical (unpaired) electrons. The molecule has 0 saturated heterocycles. The van der Waals surface area contributed by atoms with Crippen molar-refractivity contribution in [1.29, 1.82) is 0 Å². The highest BCUT2D eigenvalue weighted by atomic mass is 79.9. The summed E-state index contributed by atoms with van der Waals surface area (Å²) in [5.41, 5.74) is 2.02. The van der Waals surface area contributed by atoms with E-state index in [0.717, 1.165) is 16.3 Å². The Morgan fingerprint density at radius 1 is 1.50 bits per heavy atom.